The first-order valence-corrected chi connectivity index (χ1v) is 12.7. The normalized spacial score (nSPS) is 17.5. The second kappa shape index (κ2) is 9.26. The minimum atomic E-state index is -0.247. The Hall–Kier alpha value is -3.35. The van der Waals surface area contributed by atoms with E-state index in [1.54, 1.807) is 24.4 Å². The molecule has 4 aromatic rings. The smallest absolute Gasteiger partial charge is 0.174 e. The standard InChI is InChI=1S/C29H29ClN4OS/c1-16-12-17(2)27(18(3)13-16)33-19(4)14-22(20(33)5)28-26(23-8-6-7-11-31-23)32-29(36)34(28)24-15-21(30)9-10-25(24)35/h6-15,26,28,35H,1-5H3,(H,32,36)/t26-,28+/m1/s1. The van der Waals surface area contributed by atoms with Gasteiger partial charge in [-0.1, -0.05) is 35.4 Å². The zero-order valence-corrected chi connectivity index (χ0v) is 22.6. The van der Waals surface area contributed by atoms with E-state index < -0.39 is 0 Å². The number of anilines is 1. The van der Waals surface area contributed by atoms with Gasteiger partial charge in [-0.15, -0.1) is 0 Å². The first kappa shape index (κ1) is 24.3. The van der Waals surface area contributed by atoms with Crippen LogP contribution in [0.4, 0.5) is 5.69 Å². The molecule has 2 aromatic carbocycles. The minimum absolute atomic E-state index is 0.120. The van der Waals surface area contributed by atoms with Crippen LogP contribution in [0.2, 0.25) is 5.02 Å². The SMILES string of the molecule is Cc1cc(C)c(-n2c(C)cc([C@H]3[C@@H](c4ccccn4)NC(=S)N3c3cc(Cl)ccc3O)c2C)c(C)c1. The van der Waals surface area contributed by atoms with Crippen LogP contribution in [0.5, 0.6) is 5.75 Å². The molecular formula is C29H29ClN4OS. The average molecular weight is 517 g/mol. The van der Waals surface area contributed by atoms with Gasteiger partial charge in [0.2, 0.25) is 0 Å². The predicted octanol–water partition coefficient (Wildman–Crippen LogP) is 6.95. The van der Waals surface area contributed by atoms with Gasteiger partial charge in [-0.3, -0.25) is 4.98 Å². The van der Waals surface area contributed by atoms with Crippen molar-refractivity contribution in [2.45, 2.75) is 46.7 Å². The fraction of sp³-hybridized carbons (Fsp3) is 0.241. The van der Waals surface area contributed by atoms with Gasteiger partial charge in [-0.25, -0.2) is 0 Å². The highest BCUT2D eigenvalue weighted by molar-refractivity contribution is 7.80. The Kier molecular flexibility index (Phi) is 6.27. The molecule has 0 radical (unpaired) electrons. The zero-order valence-electron chi connectivity index (χ0n) is 21.0. The third-order valence-electron chi connectivity index (χ3n) is 6.94. The molecule has 2 aromatic heterocycles. The number of halogens is 1. The van der Waals surface area contributed by atoms with Crippen molar-refractivity contribution >= 4 is 34.6 Å². The van der Waals surface area contributed by atoms with E-state index >= 15 is 0 Å². The molecule has 184 valence electrons. The number of benzene rings is 2. The fourth-order valence-electron chi connectivity index (χ4n) is 5.58. The molecule has 36 heavy (non-hydrogen) atoms. The number of hydrogen-bond donors (Lipinski definition) is 2. The Labute approximate surface area is 222 Å². The van der Waals surface area contributed by atoms with E-state index in [2.05, 4.69) is 67.7 Å². The molecule has 1 fully saturated rings. The molecule has 0 bridgehead atoms. The maximum atomic E-state index is 10.8. The summed E-state index contributed by atoms with van der Waals surface area (Å²) < 4.78 is 2.33. The molecule has 0 amide bonds. The lowest BCUT2D eigenvalue weighted by molar-refractivity contribution is 0.472. The highest BCUT2D eigenvalue weighted by Crippen LogP contribution is 2.46. The Morgan fingerprint density at radius 3 is 2.36 bits per heavy atom. The van der Waals surface area contributed by atoms with Crippen LogP contribution < -0.4 is 10.2 Å². The van der Waals surface area contributed by atoms with Gasteiger partial charge in [-0.05, 0) is 99.9 Å². The van der Waals surface area contributed by atoms with Gasteiger partial charge < -0.3 is 19.9 Å². The summed E-state index contributed by atoms with van der Waals surface area (Å²) in [7, 11) is 0. The summed E-state index contributed by atoms with van der Waals surface area (Å²) in [6.45, 7) is 10.7. The maximum Gasteiger partial charge on any atom is 0.174 e. The highest BCUT2D eigenvalue weighted by atomic mass is 35.5. The molecule has 0 unspecified atom stereocenters. The van der Waals surface area contributed by atoms with Gasteiger partial charge in [0.15, 0.2) is 5.11 Å². The number of nitrogens with zero attached hydrogens (tertiary/aromatic N) is 3. The lowest BCUT2D eigenvalue weighted by Crippen LogP contribution is -2.29. The summed E-state index contributed by atoms with van der Waals surface area (Å²) in [5, 5.41) is 15.3. The van der Waals surface area contributed by atoms with Gasteiger partial charge in [0.1, 0.15) is 5.75 Å². The highest BCUT2D eigenvalue weighted by Gasteiger charge is 2.43. The third-order valence-corrected chi connectivity index (χ3v) is 7.49. The molecule has 1 aliphatic rings. The maximum absolute atomic E-state index is 10.8. The van der Waals surface area contributed by atoms with Crippen LogP contribution in [0.25, 0.3) is 5.69 Å². The summed E-state index contributed by atoms with van der Waals surface area (Å²) >= 11 is 12.2. The van der Waals surface area contributed by atoms with E-state index in [9.17, 15) is 5.11 Å². The molecule has 7 heteroatoms. The van der Waals surface area contributed by atoms with Crippen LogP contribution in [0.1, 0.15) is 51.4 Å². The van der Waals surface area contributed by atoms with Crippen molar-refractivity contribution in [3.05, 3.63) is 105 Å². The summed E-state index contributed by atoms with van der Waals surface area (Å²) in [6.07, 6.45) is 1.79. The summed E-state index contributed by atoms with van der Waals surface area (Å²) in [4.78, 5) is 6.62. The van der Waals surface area contributed by atoms with Crippen molar-refractivity contribution in [1.82, 2.24) is 14.9 Å². The second-order valence-corrected chi connectivity index (χ2v) is 10.4. The van der Waals surface area contributed by atoms with Crippen molar-refractivity contribution in [3.63, 3.8) is 0 Å². The van der Waals surface area contributed by atoms with Gasteiger partial charge >= 0.3 is 0 Å². The van der Waals surface area contributed by atoms with E-state index in [1.165, 1.54) is 22.4 Å². The quantitative estimate of drug-likeness (QED) is 0.287. The number of thiocarbonyl (C=S) groups is 1. The Bertz CT molecular complexity index is 1460. The van der Waals surface area contributed by atoms with Crippen molar-refractivity contribution in [1.29, 1.82) is 0 Å². The first-order valence-electron chi connectivity index (χ1n) is 11.9. The largest absolute Gasteiger partial charge is 0.506 e. The molecule has 0 saturated carbocycles. The summed E-state index contributed by atoms with van der Waals surface area (Å²) in [6, 6.07) is 17.1. The number of rotatable bonds is 4. The Morgan fingerprint density at radius 2 is 1.69 bits per heavy atom. The molecule has 0 spiro atoms. The number of hydrogen-bond acceptors (Lipinski definition) is 3. The molecule has 5 rings (SSSR count). The van der Waals surface area contributed by atoms with Crippen LogP contribution in [0.3, 0.4) is 0 Å². The second-order valence-electron chi connectivity index (χ2n) is 9.54. The minimum Gasteiger partial charge on any atom is -0.506 e. The fourth-order valence-corrected chi connectivity index (χ4v) is 6.08. The van der Waals surface area contributed by atoms with Gasteiger partial charge in [0.25, 0.3) is 0 Å². The number of nitrogens with one attached hydrogen (secondary N) is 1. The molecule has 1 aliphatic heterocycles. The number of pyridine rings is 1. The van der Waals surface area contributed by atoms with Gasteiger partial charge in [0.05, 0.1) is 29.2 Å². The number of aromatic hydroxyl groups is 1. The number of phenols is 1. The number of aryl methyl sites for hydroxylation is 4. The summed E-state index contributed by atoms with van der Waals surface area (Å²) in [5.41, 5.74) is 9.70. The topological polar surface area (TPSA) is 53.3 Å². The first-order chi connectivity index (χ1) is 17.2. The van der Waals surface area contributed by atoms with Crippen molar-refractivity contribution < 1.29 is 5.11 Å². The van der Waals surface area contributed by atoms with E-state index in [4.69, 9.17) is 23.8 Å². The van der Waals surface area contributed by atoms with Crippen LogP contribution in [0, 0.1) is 34.6 Å². The summed E-state index contributed by atoms with van der Waals surface area (Å²) in [5.74, 6) is 0.120. The number of aromatic nitrogens is 2. The van der Waals surface area contributed by atoms with Crippen molar-refractivity contribution in [2.24, 2.45) is 0 Å². The average Bonchev–Trinajstić information content (AvgIpc) is 3.31. The monoisotopic (exact) mass is 516 g/mol. The molecule has 3 heterocycles. The molecule has 2 N–H and O–H groups in total. The van der Waals surface area contributed by atoms with Crippen LogP contribution >= 0.6 is 23.8 Å². The lowest BCUT2D eigenvalue weighted by atomic mass is 9.96. The van der Waals surface area contributed by atoms with Crippen LogP contribution in [-0.4, -0.2) is 19.8 Å². The number of phenolic OH excluding ortho intramolecular Hbond substituents is 1. The van der Waals surface area contributed by atoms with E-state index in [1.807, 2.05) is 23.1 Å². The van der Waals surface area contributed by atoms with Gasteiger partial charge in [-0.2, -0.15) is 0 Å². The van der Waals surface area contributed by atoms with E-state index in [-0.39, 0.29) is 17.8 Å². The Balaban J connectivity index is 1.74. The van der Waals surface area contributed by atoms with Crippen molar-refractivity contribution in [2.75, 3.05) is 4.90 Å². The van der Waals surface area contributed by atoms with E-state index in [0.29, 0.717) is 15.8 Å². The third kappa shape index (κ3) is 4.04. The predicted molar refractivity (Wildman–Crippen MR) is 151 cm³/mol. The van der Waals surface area contributed by atoms with Crippen molar-refractivity contribution in [3.8, 4) is 11.4 Å². The molecular weight excluding hydrogens is 488 g/mol. The van der Waals surface area contributed by atoms with Crippen LogP contribution in [0.15, 0.2) is 60.8 Å². The zero-order chi connectivity index (χ0) is 25.7. The Morgan fingerprint density at radius 1 is 0.972 bits per heavy atom. The lowest BCUT2D eigenvalue weighted by Gasteiger charge is -2.29. The molecule has 2 atom stereocenters. The molecule has 0 aliphatic carbocycles. The van der Waals surface area contributed by atoms with E-state index in [0.717, 1.165) is 22.6 Å². The molecule has 1 saturated heterocycles. The molecule has 5 nitrogen and oxygen atoms in total. The van der Waals surface area contributed by atoms with Gasteiger partial charge in [0, 0.05) is 22.6 Å². The van der Waals surface area contributed by atoms with Crippen LogP contribution in [-0.2, 0) is 0 Å².